The van der Waals surface area contributed by atoms with Crippen molar-refractivity contribution in [2.24, 2.45) is 0 Å². The van der Waals surface area contributed by atoms with Crippen LogP contribution in [0.2, 0.25) is 5.02 Å². The molecule has 2 aromatic rings. The molecule has 0 aliphatic heterocycles. The first kappa shape index (κ1) is 14.9. The van der Waals surface area contributed by atoms with Crippen LogP contribution < -0.4 is 10.1 Å². The van der Waals surface area contributed by atoms with E-state index in [1.165, 1.54) is 0 Å². The van der Waals surface area contributed by atoms with Gasteiger partial charge in [-0.15, -0.1) is 0 Å². The molecule has 0 heterocycles. The summed E-state index contributed by atoms with van der Waals surface area (Å²) in [6.07, 6.45) is 0. The maximum atomic E-state index is 9.11. The van der Waals surface area contributed by atoms with Crippen molar-refractivity contribution in [3.8, 4) is 11.5 Å². The number of benzene rings is 2. The zero-order chi connectivity index (χ0) is 14.5. The van der Waals surface area contributed by atoms with Gasteiger partial charge < -0.3 is 15.2 Å². The van der Waals surface area contributed by atoms with Gasteiger partial charge in [0.05, 0.1) is 6.61 Å². The summed E-state index contributed by atoms with van der Waals surface area (Å²) in [4.78, 5) is 0. The number of hydrogen-bond donors (Lipinski definition) is 2. The third kappa shape index (κ3) is 3.51. The van der Waals surface area contributed by atoms with E-state index < -0.39 is 0 Å². The van der Waals surface area contributed by atoms with Crippen LogP contribution in [0.25, 0.3) is 0 Å². The van der Waals surface area contributed by atoms with Crippen LogP contribution in [-0.4, -0.2) is 12.2 Å². The van der Waals surface area contributed by atoms with Gasteiger partial charge in [0.1, 0.15) is 11.5 Å². The van der Waals surface area contributed by atoms with Crippen molar-refractivity contribution >= 4 is 11.6 Å². The number of ether oxygens (including phenoxy) is 1. The fraction of sp³-hybridized carbons (Fsp3) is 0.250. The standard InChI is InChI=1S/C16H18ClNO2/c1-11(18-2)15-7-6-14(9-16(15)17)20-13-5-3-4-12(8-13)10-19/h3-9,11,18-19H,10H2,1-2H3. The highest BCUT2D eigenvalue weighted by molar-refractivity contribution is 6.31. The molecule has 20 heavy (non-hydrogen) atoms. The highest BCUT2D eigenvalue weighted by atomic mass is 35.5. The summed E-state index contributed by atoms with van der Waals surface area (Å²) < 4.78 is 5.75. The number of rotatable bonds is 5. The zero-order valence-electron chi connectivity index (χ0n) is 11.6. The molecular formula is C16H18ClNO2. The lowest BCUT2D eigenvalue weighted by Crippen LogP contribution is -2.12. The molecule has 0 fully saturated rings. The van der Waals surface area contributed by atoms with Gasteiger partial charge in [-0.25, -0.2) is 0 Å². The molecule has 0 saturated carbocycles. The van der Waals surface area contributed by atoms with E-state index >= 15 is 0 Å². The second-order valence-corrected chi connectivity index (χ2v) is 5.01. The van der Waals surface area contributed by atoms with Crippen molar-refractivity contribution in [1.82, 2.24) is 5.32 Å². The Hall–Kier alpha value is -1.55. The SMILES string of the molecule is CNC(C)c1ccc(Oc2cccc(CO)c2)cc1Cl. The summed E-state index contributed by atoms with van der Waals surface area (Å²) >= 11 is 6.27. The van der Waals surface area contributed by atoms with Crippen LogP contribution in [0.1, 0.15) is 24.1 Å². The van der Waals surface area contributed by atoms with Gasteiger partial charge in [0.25, 0.3) is 0 Å². The molecule has 0 saturated heterocycles. The quantitative estimate of drug-likeness (QED) is 0.878. The smallest absolute Gasteiger partial charge is 0.128 e. The second-order valence-electron chi connectivity index (χ2n) is 4.60. The van der Waals surface area contributed by atoms with Crippen LogP contribution in [0.5, 0.6) is 11.5 Å². The van der Waals surface area contributed by atoms with Crippen molar-refractivity contribution in [2.75, 3.05) is 7.05 Å². The van der Waals surface area contributed by atoms with Gasteiger partial charge in [-0.3, -0.25) is 0 Å². The molecule has 1 unspecified atom stereocenters. The molecule has 0 aliphatic carbocycles. The van der Waals surface area contributed by atoms with Crippen LogP contribution in [0.4, 0.5) is 0 Å². The van der Waals surface area contributed by atoms with Gasteiger partial charge in [-0.05, 0) is 49.4 Å². The molecule has 1 atom stereocenters. The Morgan fingerprint density at radius 3 is 2.60 bits per heavy atom. The van der Waals surface area contributed by atoms with E-state index in [9.17, 15) is 0 Å². The summed E-state index contributed by atoms with van der Waals surface area (Å²) in [5, 5.41) is 12.9. The lowest BCUT2D eigenvalue weighted by Gasteiger charge is -2.14. The molecule has 106 valence electrons. The molecule has 4 heteroatoms. The molecule has 3 nitrogen and oxygen atoms in total. The van der Waals surface area contributed by atoms with E-state index in [2.05, 4.69) is 5.32 Å². The first-order valence-electron chi connectivity index (χ1n) is 6.48. The topological polar surface area (TPSA) is 41.5 Å². The average Bonchev–Trinajstić information content (AvgIpc) is 2.47. The van der Waals surface area contributed by atoms with Gasteiger partial charge in [0.15, 0.2) is 0 Å². The maximum absolute atomic E-state index is 9.11. The Bertz CT molecular complexity index is 586. The van der Waals surface area contributed by atoms with E-state index in [-0.39, 0.29) is 12.6 Å². The van der Waals surface area contributed by atoms with Gasteiger partial charge in [-0.2, -0.15) is 0 Å². The van der Waals surface area contributed by atoms with Crippen molar-refractivity contribution in [1.29, 1.82) is 0 Å². The van der Waals surface area contributed by atoms with Gasteiger partial charge in [-0.1, -0.05) is 29.8 Å². The predicted octanol–water partition coefficient (Wildman–Crippen LogP) is 3.91. The monoisotopic (exact) mass is 291 g/mol. The molecule has 0 bridgehead atoms. The minimum absolute atomic E-state index is 0.00339. The van der Waals surface area contributed by atoms with E-state index in [1.807, 2.05) is 44.3 Å². The number of nitrogens with one attached hydrogen (secondary N) is 1. The minimum atomic E-state index is -0.00339. The molecule has 0 radical (unpaired) electrons. The number of aliphatic hydroxyl groups is 1. The Morgan fingerprint density at radius 1 is 1.20 bits per heavy atom. The molecule has 0 aliphatic rings. The minimum Gasteiger partial charge on any atom is -0.457 e. The fourth-order valence-corrected chi connectivity index (χ4v) is 2.26. The average molecular weight is 292 g/mol. The van der Waals surface area contributed by atoms with E-state index in [1.54, 1.807) is 12.1 Å². The Labute approximate surface area is 124 Å². The van der Waals surface area contributed by atoms with E-state index in [0.29, 0.717) is 16.5 Å². The number of halogens is 1. The van der Waals surface area contributed by atoms with Crippen LogP contribution in [0, 0.1) is 0 Å². The fourth-order valence-electron chi connectivity index (χ4n) is 1.92. The maximum Gasteiger partial charge on any atom is 0.128 e. The third-order valence-corrected chi connectivity index (χ3v) is 3.52. The van der Waals surface area contributed by atoms with Crippen LogP contribution in [0.3, 0.4) is 0 Å². The lowest BCUT2D eigenvalue weighted by atomic mass is 10.1. The van der Waals surface area contributed by atoms with Gasteiger partial charge >= 0.3 is 0 Å². The summed E-state index contributed by atoms with van der Waals surface area (Å²) in [7, 11) is 1.89. The molecular weight excluding hydrogens is 274 g/mol. The van der Waals surface area contributed by atoms with Crippen molar-refractivity contribution < 1.29 is 9.84 Å². The molecule has 0 aromatic heterocycles. The Balaban J connectivity index is 2.19. The highest BCUT2D eigenvalue weighted by Gasteiger charge is 2.09. The zero-order valence-corrected chi connectivity index (χ0v) is 12.3. The number of hydrogen-bond acceptors (Lipinski definition) is 3. The van der Waals surface area contributed by atoms with E-state index in [0.717, 1.165) is 11.1 Å². The largest absolute Gasteiger partial charge is 0.457 e. The third-order valence-electron chi connectivity index (χ3n) is 3.19. The normalized spacial score (nSPS) is 12.2. The van der Waals surface area contributed by atoms with Crippen LogP contribution in [-0.2, 0) is 6.61 Å². The molecule has 2 rings (SSSR count). The molecule has 2 N–H and O–H groups in total. The van der Waals surface area contributed by atoms with Gasteiger partial charge in [0.2, 0.25) is 0 Å². The summed E-state index contributed by atoms with van der Waals surface area (Å²) in [5.74, 6) is 1.36. The summed E-state index contributed by atoms with van der Waals surface area (Å²) in [5.41, 5.74) is 1.85. The van der Waals surface area contributed by atoms with Gasteiger partial charge in [0, 0.05) is 11.1 Å². The lowest BCUT2D eigenvalue weighted by molar-refractivity contribution is 0.281. The molecule has 2 aromatic carbocycles. The number of aliphatic hydroxyl groups excluding tert-OH is 1. The van der Waals surface area contributed by atoms with Crippen LogP contribution >= 0.6 is 11.6 Å². The van der Waals surface area contributed by atoms with Crippen molar-refractivity contribution in [2.45, 2.75) is 19.6 Å². The van der Waals surface area contributed by atoms with Crippen LogP contribution in [0.15, 0.2) is 42.5 Å². The first-order valence-corrected chi connectivity index (χ1v) is 6.86. The van der Waals surface area contributed by atoms with Crippen molar-refractivity contribution in [3.05, 3.63) is 58.6 Å². The molecule has 0 spiro atoms. The summed E-state index contributed by atoms with van der Waals surface area (Å²) in [6, 6.07) is 13.2. The summed E-state index contributed by atoms with van der Waals surface area (Å²) in [6.45, 7) is 2.04. The second kappa shape index (κ2) is 6.75. The molecule has 0 amide bonds. The first-order chi connectivity index (χ1) is 9.63. The predicted molar refractivity (Wildman–Crippen MR) is 81.4 cm³/mol. The van der Waals surface area contributed by atoms with Crippen molar-refractivity contribution in [3.63, 3.8) is 0 Å². The Morgan fingerprint density at radius 2 is 1.95 bits per heavy atom. The Kier molecular flexibility index (Phi) is 5.01. The van der Waals surface area contributed by atoms with E-state index in [4.69, 9.17) is 21.4 Å². The highest BCUT2D eigenvalue weighted by Crippen LogP contribution is 2.30.